The molecule has 0 saturated heterocycles. The quantitative estimate of drug-likeness (QED) is 0.586. The molecule has 0 radical (unpaired) electrons. The molecule has 1 aliphatic heterocycles. The molecule has 0 bridgehead atoms. The minimum atomic E-state index is -0.749. The van der Waals surface area contributed by atoms with Gasteiger partial charge < -0.3 is 20.3 Å². The van der Waals surface area contributed by atoms with Gasteiger partial charge in [-0.3, -0.25) is 9.59 Å². The molecular weight excluding hydrogens is 380 g/mol. The third-order valence-electron chi connectivity index (χ3n) is 6.30. The number of nitrogens with one attached hydrogen (secondary N) is 2. The first-order valence-corrected chi connectivity index (χ1v) is 10.3. The van der Waals surface area contributed by atoms with Gasteiger partial charge in [-0.25, -0.2) is 4.98 Å². The minimum Gasteiger partial charge on any atom is -0.395 e. The zero-order valence-electron chi connectivity index (χ0n) is 16.8. The van der Waals surface area contributed by atoms with E-state index in [0.717, 1.165) is 33.7 Å². The highest BCUT2D eigenvalue weighted by Crippen LogP contribution is 2.64. The standard InChI is InChI=1S/C23H24N4O3/c1-14-6-7-17-18(10-14)26-20(25-17)8-9-24-21(29)12-27-19-5-3-2-4-15(19)16-11-23(16,13-28)22(27)30/h2-7,10,16,28H,8-9,11-13H2,1H3,(H,24,29)(H,25,26). The number of anilines is 1. The van der Waals surface area contributed by atoms with Crippen molar-refractivity contribution >= 4 is 28.5 Å². The van der Waals surface area contributed by atoms with Crippen molar-refractivity contribution in [2.24, 2.45) is 5.41 Å². The summed E-state index contributed by atoms with van der Waals surface area (Å²) in [5, 5.41) is 12.7. The molecule has 3 aromatic rings. The van der Waals surface area contributed by atoms with Crippen molar-refractivity contribution in [1.29, 1.82) is 0 Å². The molecule has 1 aromatic heterocycles. The number of nitrogens with zero attached hydrogens (tertiary/aromatic N) is 2. The highest BCUT2D eigenvalue weighted by Gasteiger charge is 2.65. The van der Waals surface area contributed by atoms with Gasteiger partial charge in [-0.1, -0.05) is 24.3 Å². The number of aliphatic hydroxyl groups is 1. The van der Waals surface area contributed by atoms with E-state index < -0.39 is 5.41 Å². The molecule has 5 rings (SSSR count). The van der Waals surface area contributed by atoms with Crippen LogP contribution in [0.4, 0.5) is 5.69 Å². The van der Waals surface area contributed by atoms with E-state index in [0.29, 0.717) is 19.4 Å². The Balaban J connectivity index is 1.24. The summed E-state index contributed by atoms with van der Waals surface area (Å²) in [6, 6.07) is 13.7. The van der Waals surface area contributed by atoms with Gasteiger partial charge in [0.2, 0.25) is 11.8 Å². The van der Waals surface area contributed by atoms with Crippen LogP contribution in [0, 0.1) is 12.3 Å². The number of fused-ring (bicyclic) bond motifs is 4. The number of aromatic nitrogens is 2. The lowest BCUT2D eigenvalue weighted by molar-refractivity contribution is -0.128. The van der Waals surface area contributed by atoms with E-state index in [9.17, 15) is 14.7 Å². The Labute approximate surface area is 174 Å². The number of hydrogen-bond donors (Lipinski definition) is 3. The highest BCUT2D eigenvalue weighted by atomic mass is 16.3. The molecule has 2 amide bonds. The van der Waals surface area contributed by atoms with Crippen molar-refractivity contribution in [3.8, 4) is 0 Å². The molecule has 1 aliphatic carbocycles. The maximum atomic E-state index is 13.0. The first-order valence-electron chi connectivity index (χ1n) is 10.3. The number of imidazole rings is 1. The molecule has 2 aromatic carbocycles. The summed E-state index contributed by atoms with van der Waals surface area (Å²) < 4.78 is 0. The fraction of sp³-hybridized carbons (Fsp3) is 0.348. The summed E-state index contributed by atoms with van der Waals surface area (Å²) in [5.74, 6) is 0.492. The monoisotopic (exact) mass is 404 g/mol. The zero-order chi connectivity index (χ0) is 20.9. The Bertz CT molecular complexity index is 1150. The van der Waals surface area contributed by atoms with Crippen LogP contribution < -0.4 is 10.2 Å². The second kappa shape index (κ2) is 6.95. The Morgan fingerprint density at radius 3 is 3.00 bits per heavy atom. The second-order valence-electron chi connectivity index (χ2n) is 8.33. The summed E-state index contributed by atoms with van der Waals surface area (Å²) in [6.45, 7) is 2.22. The number of hydrogen-bond acceptors (Lipinski definition) is 4. The maximum absolute atomic E-state index is 13.0. The van der Waals surface area contributed by atoms with Gasteiger partial charge >= 0.3 is 0 Å². The van der Waals surface area contributed by atoms with Crippen LogP contribution in [0.25, 0.3) is 11.0 Å². The number of aryl methyl sites for hydroxylation is 1. The Morgan fingerprint density at radius 2 is 2.17 bits per heavy atom. The van der Waals surface area contributed by atoms with Gasteiger partial charge in [-0.15, -0.1) is 0 Å². The van der Waals surface area contributed by atoms with Gasteiger partial charge in [0.25, 0.3) is 0 Å². The molecule has 3 N–H and O–H groups in total. The van der Waals surface area contributed by atoms with Gasteiger partial charge in [0.1, 0.15) is 12.4 Å². The average Bonchev–Trinajstić information content (AvgIpc) is 3.38. The van der Waals surface area contributed by atoms with Crippen LogP contribution in [0.3, 0.4) is 0 Å². The first kappa shape index (κ1) is 18.8. The van der Waals surface area contributed by atoms with E-state index in [2.05, 4.69) is 15.3 Å². The number of carbonyl (C=O) groups excluding carboxylic acids is 2. The lowest BCUT2D eigenvalue weighted by Gasteiger charge is -2.33. The normalized spacial score (nSPS) is 22.0. The van der Waals surface area contributed by atoms with E-state index in [-0.39, 0.29) is 30.9 Å². The summed E-state index contributed by atoms with van der Waals surface area (Å²) in [5.41, 5.74) is 4.12. The van der Waals surface area contributed by atoms with Gasteiger partial charge in [0.05, 0.1) is 23.1 Å². The van der Waals surface area contributed by atoms with Crippen LogP contribution in [0.5, 0.6) is 0 Å². The number of aliphatic hydroxyl groups excluding tert-OH is 1. The molecule has 1 saturated carbocycles. The third kappa shape index (κ3) is 2.97. The average molecular weight is 404 g/mol. The molecule has 154 valence electrons. The summed E-state index contributed by atoms with van der Waals surface area (Å²) in [6.07, 6.45) is 1.22. The number of carbonyl (C=O) groups is 2. The van der Waals surface area contributed by atoms with Gasteiger partial charge in [-0.05, 0) is 42.7 Å². The Kier molecular flexibility index (Phi) is 4.36. The molecule has 0 spiro atoms. The summed E-state index contributed by atoms with van der Waals surface area (Å²) >= 11 is 0. The van der Waals surface area contributed by atoms with E-state index >= 15 is 0 Å². The molecule has 30 heavy (non-hydrogen) atoms. The lowest BCUT2D eigenvalue weighted by Crippen LogP contribution is -2.48. The van der Waals surface area contributed by atoms with E-state index in [1.165, 1.54) is 4.90 Å². The number of H-pyrrole nitrogens is 1. The Hall–Kier alpha value is -3.19. The lowest BCUT2D eigenvalue weighted by atomic mass is 9.92. The third-order valence-corrected chi connectivity index (χ3v) is 6.30. The van der Waals surface area contributed by atoms with E-state index in [1.807, 2.05) is 49.4 Å². The van der Waals surface area contributed by atoms with Crippen LogP contribution in [0.15, 0.2) is 42.5 Å². The number of aromatic amines is 1. The fourth-order valence-corrected chi connectivity index (χ4v) is 4.57. The van der Waals surface area contributed by atoms with Crippen LogP contribution >= 0.6 is 0 Å². The largest absolute Gasteiger partial charge is 0.395 e. The van der Waals surface area contributed by atoms with Crippen LogP contribution in [-0.4, -0.2) is 46.6 Å². The van der Waals surface area contributed by atoms with Gasteiger partial charge in [-0.2, -0.15) is 0 Å². The predicted octanol–water partition coefficient (Wildman–Crippen LogP) is 2.04. The Morgan fingerprint density at radius 1 is 1.33 bits per heavy atom. The summed E-state index contributed by atoms with van der Waals surface area (Å²) in [7, 11) is 0. The molecule has 2 unspecified atom stereocenters. The van der Waals surface area contributed by atoms with Crippen LogP contribution in [0.2, 0.25) is 0 Å². The van der Waals surface area contributed by atoms with Crippen molar-refractivity contribution in [1.82, 2.24) is 15.3 Å². The number of para-hydroxylation sites is 1. The fourth-order valence-electron chi connectivity index (χ4n) is 4.57. The van der Waals surface area contributed by atoms with Crippen LogP contribution in [-0.2, 0) is 16.0 Å². The van der Waals surface area contributed by atoms with E-state index in [1.54, 1.807) is 0 Å². The molecule has 7 nitrogen and oxygen atoms in total. The predicted molar refractivity (Wildman–Crippen MR) is 113 cm³/mol. The minimum absolute atomic E-state index is 0.0519. The highest BCUT2D eigenvalue weighted by molar-refractivity contribution is 6.07. The van der Waals surface area contributed by atoms with Crippen molar-refractivity contribution in [3.05, 3.63) is 59.4 Å². The zero-order valence-corrected chi connectivity index (χ0v) is 16.8. The molecule has 2 atom stereocenters. The maximum Gasteiger partial charge on any atom is 0.240 e. The van der Waals surface area contributed by atoms with Crippen molar-refractivity contribution in [3.63, 3.8) is 0 Å². The van der Waals surface area contributed by atoms with Gasteiger partial charge in [0.15, 0.2) is 0 Å². The van der Waals surface area contributed by atoms with Crippen molar-refractivity contribution in [2.45, 2.75) is 25.7 Å². The molecular formula is C23H24N4O3. The van der Waals surface area contributed by atoms with Gasteiger partial charge in [0, 0.05) is 24.6 Å². The number of benzene rings is 2. The first-order chi connectivity index (χ1) is 14.5. The number of amides is 2. The van der Waals surface area contributed by atoms with Crippen molar-refractivity contribution < 1.29 is 14.7 Å². The molecule has 2 heterocycles. The smallest absolute Gasteiger partial charge is 0.240 e. The summed E-state index contributed by atoms with van der Waals surface area (Å²) in [4.78, 5) is 34.9. The van der Waals surface area contributed by atoms with E-state index in [4.69, 9.17) is 0 Å². The van der Waals surface area contributed by atoms with Crippen molar-refractivity contribution in [2.75, 3.05) is 24.6 Å². The second-order valence-corrected chi connectivity index (χ2v) is 8.33. The molecule has 2 aliphatic rings. The molecule has 1 fully saturated rings. The number of rotatable bonds is 6. The van der Waals surface area contributed by atoms with Crippen LogP contribution in [0.1, 0.15) is 29.3 Å². The SMILES string of the molecule is Cc1ccc2nc(CCNC(=O)CN3C(=O)C4(CO)CC4c4ccccc43)[nH]c2c1. The molecule has 7 heteroatoms. The topological polar surface area (TPSA) is 98.3 Å².